The fourth-order valence-corrected chi connectivity index (χ4v) is 3.82. The number of aliphatic hydroxyl groups is 1. The van der Waals surface area contributed by atoms with Gasteiger partial charge in [0.1, 0.15) is 5.82 Å². The third-order valence-electron chi connectivity index (χ3n) is 5.46. The van der Waals surface area contributed by atoms with Crippen LogP contribution >= 0.6 is 0 Å². The van der Waals surface area contributed by atoms with Crippen molar-refractivity contribution in [2.45, 2.75) is 57.6 Å². The molecule has 5 N–H and O–H groups in total. The molecule has 2 heterocycles. The predicted octanol–water partition coefficient (Wildman–Crippen LogP) is 2.86. The van der Waals surface area contributed by atoms with Crippen molar-refractivity contribution < 1.29 is 9.90 Å². The lowest BCUT2D eigenvalue weighted by molar-refractivity contribution is 0.0996. The summed E-state index contributed by atoms with van der Waals surface area (Å²) >= 11 is 0. The zero-order chi connectivity index (χ0) is 20.4. The second kappa shape index (κ2) is 8.16. The summed E-state index contributed by atoms with van der Waals surface area (Å²) in [5.74, 6) is 0.358. The quantitative estimate of drug-likeness (QED) is 0.597. The molecule has 1 aromatic carbocycles. The van der Waals surface area contributed by atoms with E-state index in [0.717, 1.165) is 43.5 Å². The van der Waals surface area contributed by atoms with Gasteiger partial charge in [-0.1, -0.05) is 13.0 Å². The van der Waals surface area contributed by atoms with E-state index in [1.165, 1.54) is 5.56 Å². The number of carbonyl (C=O) groups excluding carboxylic acids is 1. The van der Waals surface area contributed by atoms with Gasteiger partial charge in [0.2, 0.25) is 0 Å². The molecule has 8 nitrogen and oxygen atoms in total. The maximum Gasteiger partial charge on any atom is 0.271 e. The predicted molar refractivity (Wildman–Crippen MR) is 113 cm³/mol. The topological polar surface area (TPSA) is 126 Å². The second-order valence-electron chi connectivity index (χ2n) is 7.57. The van der Waals surface area contributed by atoms with Crippen LogP contribution in [0.15, 0.2) is 23.2 Å². The van der Waals surface area contributed by atoms with E-state index in [1.807, 2.05) is 31.3 Å². The molecule has 0 bridgehead atoms. The fraction of sp³-hybridized carbons (Fsp3) is 0.429. The van der Waals surface area contributed by atoms with Gasteiger partial charge in [-0.25, -0.2) is 9.97 Å². The van der Waals surface area contributed by atoms with E-state index in [1.54, 1.807) is 0 Å². The molecule has 2 aromatic rings. The summed E-state index contributed by atoms with van der Waals surface area (Å²) in [7, 11) is 0. The molecule has 152 valence electrons. The average molecular weight is 394 g/mol. The Kier molecular flexibility index (Phi) is 5.44. The highest BCUT2D eigenvalue weighted by Gasteiger charge is 2.23. The van der Waals surface area contributed by atoms with Crippen molar-refractivity contribution >= 4 is 35.1 Å². The molecule has 4 rings (SSSR count). The molecule has 0 saturated heterocycles. The zero-order valence-corrected chi connectivity index (χ0v) is 16.5. The molecular weight excluding hydrogens is 368 g/mol. The standard InChI is InChI=1S/C21H26N6O2/c1-2-16-20(24-13-5-7-15(28)8-6-13)27-21(18(26-16)19(22)29)25-14-4-3-12-9-10-23-17(12)11-14/h3-4,10-11,13,15,28H,2,5-9H2,1H3,(H2,22,29)(H2,24,25,27). The van der Waals surface area contributed by atoms with Crippen LogP contribution in [0.2, 0.25) is 0 Å². The van der Waals surface area contributed by atoms with Gasteiger partial charge in [0.05, 0.1) is 17.5 Å². The van der Waals surface area contributed by atoms with E-state index in [4.69, 9.17) is 5.73 Å². The van der Waals surface area contributed by atoms with Crippen LogP contribution in [-0.4, -0.2) is 39.3 Å². The summed E-state index contributed by atoms with van der Waals surface area (Å²) in [6.07, 6.45) is 6.39. The summed E-state index contributed by atoms with van der Waals surface area (Å²) in [6.45, 7) is 1.97. The second-order valence-corrected chi connectivity index (χ2v) is 7.57. The summed E-state index contributed by atoms with van der Waals surface area (Å²) in [6, 6.07) is 6.09. The van der Waals surface area contributed by atoms with Gasteiger partial charge in [-0.2, -0.15) is 0 Å². The number of nitrogens with two attached hydrogens (primary N) is 1. The smallest absolute Gasteiger partial charge is 0.271 e. The lowest BCUT2D eigenvalue weighted by Crippen LogP contribution is -2.29. The van der Waals surface area contributed by atoms with Crippen LogP contribution in [0.5, 0.6) is 0 Å². The largest absolute Gasteiger partial charge is 0.393 e. The van der Waals surface area contributed by atoms with Crippen LogP contribution in [0.4, 0.5) is 23.0 Å². The molecule has 1 aliphatic heterocycles. The number of primary amides is 1. The molecule has 0 spiro atoms. The molecule has 2 aliphatic rings. The Labute approximate surface area is 169 Å². The van der Waals surface area contributed by atoms with Crippen molar-refractivity contribution in [2.75, 3.05) is 10.6 Å². The molecule has 1 aliphatic carbocycles. The van der Waals surface area contributed by atoms with Gasteiger partial charge in [-0.05, 0) is 49.8 Å². The van der Waals surface area contributed by atoms with Crippen LogP contribution in [0, 0.1) is 0 Å². The molecule has 0 unspecified atom stereocenters. The molecule has 1 aromatic heterocycles. The highest BCUT2D eigenvalue weighted by Crippen LogP contribution is 2.30. The Morgan fingerprint density at radius 2 is 2.00 bits per heavy atom. The summed E-state index contributed by atoms with van der Waals surface area (Å²) < 4.78 is 0. The van der Waals surface area contributed by atoms with Gasteiger partial charge in [-0.3, -0.25) is 9.79 Å². The van der Waals surface area contributed by atoms with Gasteiger partial charge < -0.3 is 21.5 Å². The maximum atomic E-state index is 12.0. The Bertz CT molecular complexity index is 950. The number of carbonyl (C=O) groups is 1. The van der Waals surface area contributed by atoms with Crippen LogP contribution in [0.25, 0.3) is 0 Å². The minimum atomic E-state index is -0.624. The Morgan fingerprint density at radius 1 is 1.21 bits per heavy atom. The zero-order valence-electron chi connectivity index (χ0n) is 16.5. The van der Waals surface area contributed by atoms with Crippen LogP contribution in [0.1, 0.15) is 54.4 Å². The lowest BCUT2D eigenvalue weighted by Gasteiger charge is -2.27. The molecule has 1 amide bonds. The summed E-state index contributed by atoms with van der Waals surface area (Å²) in [5.41, 5.74) is 9.25. The fourth-order valence-electron chi connectivity index (χ4n) is 3.82. The van der Waals surface area contributed by atoms with Gasteiger partial charge >= 0.3 is 0 Å². The summed E-state index contributed by atoms with van der Waals surface area (Å²) in [5, 5.41) is 16.4. The molecule has 1 saturated carbocycles. The van der Waals surface area contributed by atoms with Crippen molar-refractivity contribution in [1.29, 1.82) is 0 Å². The normalized spacial score (nSPS) is 20.3. The van der Waals surface area contributed by atoms with Crippen LogP contribution in [-0.2, 0) is 12.8 Å². The number of aliphatic imine (C=N–C) groups is 1. The first kappa shape index (κ1) is 19.3. The SMILES string of the molecule is CCc1nc(C(N)=O)c(Nc2ccc3c(c2)N=CC3)nc1NC1CCC(O)CC1. The summed E-state index contributed by atoms with van der Waals surface area (Å²) in [4.78, 5) is 25.6. The highest BCUT2D eigenvalue weighted by atomic mass is 16.3. The van der Waals surface area contributed by atoms with Crippen molar-refractivity contribution in [2.24, 2.45) is 10.7 Å². The number of nitrogens with zero attached hydrogens (tertiary/aromatic N) is 3. The third-order valence-corrected chi connectivity index (χ3v) is 5.46. The van der Waals surface area contributed by atoms with Crippen LogP contribution < -0.4 is 16.4 Å². The molecule has 0 radical (unpaired) electrons. The molecular formula is C21H26N6O2. The van der Waals surface area contributed by atoms with E-state index in [0.29, 0.717) is 23.8 Å². The Balaban J connectivity index is 1.64. The van der Waals surface area contributed by atoms with Gasteiger partial charge in [0, 0.05) is 24.4 Å². The van der Waals surface area contributed by atoms with E-state index in [2.05, 4.69) is 25.6 Å². The van der Waals surface area contributed by atoms with Crippen molar-refractivity contribution in [3.8, 4) is 0 Å². The first-order valence-electron chi connectivity index (χ1n) is 10.1. The van der Waals surface area contributed by atoms with Crippen molar-refractivity contribution in [3.05, 3.63) is 35.2 Å². The molecule has 1 fully saturated rings. The number of rotatable bonds is 6. The number of hydrogen-bond acceptors (Lipinski definition) is 7. The van der Waals surface area contributed by atoms with E-state index in [-0.39, 0.29) is 17.8 Å². The van der Waals surface area contributed by atoms with Crippen LogP contribution in [0.3, 0.4) is 0 Å². The van der Waals surface area contributed by atoms with Crippen molar-refractivity contribution in [3.63, 3.8) is 0 Å². The minimum Gasteiger partial charge on any atom is -0.393 e. The monoisotopic (exact) mass is 394 g/mol. The van der Waals surface area contributed by atoms with Crippen molar-refractivity contribution in [1.82, 2.24) is 9.97 Å². The number of fused-ring (bicyclic) bond motifs is 1. The van der Waals surface area contributed by atoms with Gasteiger partial charge in [0.15, 0.2) is 11.5 Å². The molecule has 8 heteroatoms. The average Bonchev–Trinajstić information content (AvgIpc) is 3.17. The lowest BCUT2D eigenvalue weighted by atomic mass is 9.93. The number of aliphatic hydroxyl groups excluding tert-OH is 1. The number of amides is 1. The van der Waals surface area contributed by atoms with Gasteiger partial charge in [0.25, 0.3) is 5.91 Å². The first-order chi connectivity index (χ1) is 14.0. The highest BCUT2D eigenvalue weighted by molar-refractivity contribution is 5.96. The first-order valence-corrected chi connectivity index (χ1v) is 10.1. The third kappa shape index (κ3) is 4.22. The number of aromatic nitrogens is 2. The minimum absolute atomic E-state index is 0.121. The number of aryl methyl sites for hydroxylation is 1. The number of benzene rings is 1. The Morgan fingerprint density at radius 3 is 2.72 bits per heavy atom. The number of hydrogen-bond donors (Lipinski definition) is 4. The van der Waals surface area contributed by atoms with E-state index in [9.17, 15) is 9.90 Å². The van der Waals surface area contributed by atoms with Gasteiger partial charge in [-0.15, -0.1) is 0 Å². The molecule has 29 heavy (non-hydrogen) atoms. The maximum absolute atomic E-state index is 12.0. The number of nitrogens with one attached hydrogen (secondary N) is 2. The van der Waals surface area contributed by atoms with E-state index < -0.39 is 5.91 Å². The van der Waals surface area contributed by atoms with E-state index >= 15 is 0 Å². The number of anilines is 3. The Hall–Kier alpha value is -3.00. The molecule has 0 atom stereocenters.